The van der Waals surface area contributed by atoms with Crippen LogP contribution >= 0.6 is 0 Å². The van der Waals surface area contributed by atoms with Gasteiger partial charge in [0.1, 0.15) is 11.8 Å². The Hall–Kier alpha value is -2.82. The van der Waals surface area contributed by atoms with E-state index in [4.69, 9.17) is 4.74 Å². The normalized spacial score (nSPS) is 16.7. The topological polar surface area (TPSA) is 58.6 Å². The fourth-order valence-corrected chi connectivity index (χ4v) is 3.35. The van der Waals surface area contributed by atoms with E-state index in [2.05, 4.69) is 11.4 Å². The zero-order valence-corrected chi connectivity index (χ0v) is 15.4. The molecule has 5 nitrogen and oxygen atoms in total. The van der Waals surface area contributed by atoms with Gasteiger partial charge in [0.25, 0.3) is 0 Å². The second kappa shape index (κ2) is 7.60. The Bertz CT molecular complexity index is 794. The molecule has 2 aromatic carbocycles. The number of hydrogen-bond acceptors (Lipinski definition) is 3. The highest BCUT2D eigenvalue weighted by molar-refractivity contribution is 6.01. The summed E-state index contributed by atoms with van der Waals surface area (Å²) in [6.45, 7) is 4.66. The summed E-state index contributed by atoms with van der Waals surface area (Å²) in [5.41, 5.74) is 4.04. The number of hydrogen-bond donors (Lipinski definition) is 1. The van der Waals surface area contributed by atoms with Gasteiger partial charge in [0, 0.05) is 12.2 Å². The van der Waals surface area contributed by atoms with Crippen molar-refractivity contribution in [1.82, 2.24) is 5.32 Å². The predicted octanol–water partition coefficient (Wildman–Crippen LogP) is 2.78. The highest BCUT2D eigenvalue weighted by Gasteiger charge is 2.33. The van der Waals surface area contributed by atoms with Crippen LogP contribution in [0.5, 0.6) is 5.75 Å². The molecule has 0 radical (unpaired) electrons. The quantitative estimate of drug-likeness (QED) is 0.900. The van der Waals surface area contributed by atoms with Crippen molar-refractivity contribution in [1.29, 1.82) is 0 Å². The number of rotatable bonds is 5. The molecule has 136 valence electrons. The van der Waals surface area contributed by atoms with Crippen molar-refractivity contribution in [3.05, 3.63) is 59.2 Å². The first kappa shape index (κ1) is 18.0. The molecule has 1 fully saturated rings. The standard InChI is InChI=1S/C21H24N2O3/c1-14-10-15(2)12-17(11-14)23-9-8-19(21(23)25)22-20(24)13-16-4-6-18(26-3)7-5-16/h4-7,10-12,19H,8-9,13H2,1-3H3,(H,22,24)/t19-/m0/s1. The average Bonchev–Trinajstić information content (AvgIpc) is 2.95. The number of aryl methyl sites for hydroxylation is 2. The van der Waals surface area contributed by atoms with Gasteiger partial charge >= 0.3 is 0 Å². The van der Waals surface area contributed by atoms with Crippen LogP contribution in [0.1, 0.15) is 23.1 Å². The molecule has 0 spiro atoms. The van der Waals surface area contributed by atoms with Crippen LogP contribution in [-0.4, -0.2) is 31.5 Å². The summed E-state index contributed by atoms with van der Waals surface area (Å²) in [6, 6.07) is 13.0. The molecule has 1 aliphatic heterocycles. The van der Waals surface area contributed by atoms with E-state index in [9.17, 15) is 9.59 Å². The minimum Gasteiger partial charge on any atom is -0.497 e. The van der Waals surface area contributed by atoms with Gasteiger partial charge < -0.3 is 15.0 Å². The molecule has 0 bridgehead atoms. The van der Waals surface area contributed by atoms with E-state index in [1.165, 1.54) is 0 Å². The number of carbonyl (C=O) groups is 2. The minimum absolute atomic E-state index is 0.0434. The number of carbonyl (C=O) groups excluding carboxylic acids is 2. The molecule has 3 rings (SSSR count). The van der Waals surface area contributed by atoms with E-state index in [-0.39, 0.29) is 18.2 Å². The Morgan fingerprint density at radius 1 is 1.15 bits per heavy atom. The van der Waals surface area contributed by atoms with E-state index in [0.717, 1.165) is 28.1 Å². The lowest BCUT2D eigenvalue weighted by molar-refractivity contribution is -0.126. The van der Waals surface area contributed by atoms with Gasteiger partial charge in [-0.25, -0.2) is 0 Å². The summed E-state index contributed by atoms with van der Waals surface area (Å²) in [5.74, 6) is 0.568. The van der Waals surface area contributed by atoms with E-state index in [1.54, 1.807) is 12.0 Å². The first-order valence-corrected chi connectivity index (χ1v) is 8.78. The maximum atomic E-state index is 12.7. The number of amides is 2. The number of nitrogens with one attached hydrogen (secondary N) is 1. The molecule has 0 saturated carbocycles. The van der Waals surface area contributed by atoms with Crippen molar-refractivity contribution >= 4 is 17.5 Å². The molecule has 0 unspecified atom stereocenters. The van der Waals surface area contributed by atoms with Gasteiger partial charge in [-0.3, -0.25) is 9.59 Å². The Morgan fingerprint density at radius 2 is 1.81 bits per heavy atom. The maximum absolute atomic E-state index is 12.7. The summed E-state index contributed by atoms with van der Waals surface area (Å²) in [7, 11) is 1.61. The van der Waals surface area contributed by atoms with Gasteiger partial charge in [0.2, 0.25) is 11.8 Å². The van der Waals surface area contributed by atoms with Crippen LogP contribution in [0.3, 0.4) is 0 Å². The van der Waals surface area contributed by atoms with Crippen molar-refractivity contribution in [3.8, 4) is 5.75 Å². The number of anilines is 1. The lowest BCUT2D eigenvalue weighted by atomic mass is 10.1. The van der Waals surface area contributed by atoms with Crippen LogP contribution in [0.2, 0.25) is 0 Å². The largest absolute Gasteiger partial charge is 0.497 e. The molecular formula is C21H24N2O3. The van der Waals surface area contributed by atoms with Crippen molar-refractivity contribution < 1.29 is 14.3 Å². The zero-order chi connectivity index (χ0) is 18.7. The van der Waals surface area contributed by atoms with Crippen LogP contribution in [0.15, 0.2) is 42.5 Å². The van der Waals surface area contributed by atoms with Crippen molar-refractivity contribution in [2.24, 2.45) is 0 Å². The second-order valence-corrected chi connectivity index (χ2v) is 6.77. The number of ether oxygens (including phenoxy) is 1. The van der Waals surface area contributed by atoms with Crippen LogP contribution in [0.25, 0.3) is 0 Å². The molecule has 1 atom stereocenters. The van der Waals surface area contributed by atoms with Crippen molar-refractivity contribution in [3.63, 3.8) is 0 Å². The summed E-state index contributed by atoms with van der Waals surface area (Å²) in [6.07, 6.45) is 0.873. The fourth-order valence-electron chi connectivity index (χ4n) is 3.35. The van der Waals surface area contributed by atoms with Crippen LogP contribution in [-0.2, 0) is 16.0 Å². The highest BCUT2D eigenvalue weighted by Crippen LogP contribution is 2.24. The summed E-state index contributed by atoms with van der Waals surface area (Å²) in [5, 5.41) is 2.87. The Balaban J connectivity index is 1.61. The molecule has 0 aromatic heterocycles. The molecule has 0 aliphatic carbocycles. The third-order valence-corrected chi connectivity index (χ3v) is 4.58. The molecule has 1 saturated heterocycles. The predicted molar refractivity (Wildman–Crippen MR) is 102 cm³/mol. The lowest BCUT2D eigenvalue weighted by Crippen LogP contribution is -2.42. The van der Waals surface area contributed by atoms with Gasteiger partial charge in [-0.2, -0.15) is 0 Å². The monoisotopic (exact) mass is 352 g/mol. The number of methoxy groups -OCH3 is 1. The molecule has 26 heavy (non-hydrogen) atoms. The molecule has 2 amide bonds. The Labute approximate surface area is 154 Å². The van der Waals surface area contributed by atoms with Crippen molar-refractivity contribution in [2.75, 3.05) is 18.6 Å². The summed E-state index contributed by atoms with van der Waals surface area (Å²) < 4.78 is 5.12. The highest BCUT2D eigenvalue weighted by atomic mass is 16.5. The Morgan fingerprint density at radius 3 is 2.42 bits per heavy atom. The number of nitrogens with zero attached hydrogens (tertiary/aromatic N) is 1. The van der Waals surface area contributed by atoms with Crippen LogP contribution in [0.4, 0.5) is 5.69 Å². The van der Waals surface area contributed by atoms with Gasteiger partial charge in [0.15, 0.2) is 0 Å². The third-order valence-electron chi connectivity index (χ3n) is 4.58. The van der Waals surface area contributed by atoms with Crippen LogP contribution in [0, 0.1) is 13.8 Å². The van der Waals surface area contributed by atoms with Gasteiger partial charge in [-0.1, -0.05) is 18.2 Å². The van der Waals surface area contributed by atoms with E-state index in [1.807, 2.05) is 50.2 Å². The first-order valence-electron chi connectivity index (χ1n) is 8.78. The summed E-state index contributed by atoms with van der Waals surface area (Å²) in [4.78, 5) is 26.8. The molecule has 5 heteroatoms. The number of benzene rings is 2. The lowest BCUT2D eigenvalue weighted by Gasteiger charge is -2.18. The second-order valence-electron chi connectivity index (χ2n) is 6.77. The van der Waals surface area contributed by atoms with Crippen molar-refractivity contribution in [2.45, 2.75) is 32.7 Å². The van der Waals surface area contributed by atoms with Gasteiger partial charge in [-0.05, 0) is 61.2 Å². The molecule has 2 aromatic rings. The molecular weight excluding hydrogens is 328 g/mol. The Kier molecular flexibility index (Phi) is 5.26. The maximum Gasteiger partial charge on any atom is 0.249 e. The average molecular weight is 352 g/mol. The SMILES string of the molecule is COc1ccc(CC(=O)N[C@H]2CCN(c3cc(C)cc(C)c3)C2=O)cc1. The first-order chi connectivity index (χ1) is 12.5. The van der Waals surface area contributed by atoms with Crippen LogP contribution < -0.4 is 15.0 Å². The molecule has 1 heterocycles. The van der Waals surface area contributed by atoms with Gasteiger partial charge in [0.05, 0.1) is 13.5 Å². The smallest absolute Gasteiger partial charge is 0.249 e. The van der Waals surface area contributed by atoms with Gasteiger partial charge in [-0.15, -0.1) is 0 Å². The minimum atomic E-state index is -0.457. The molecule has 1 N–H and O–H groups in total. The van der Waals surface area contributed by atoms with E-state index >= 15 is 0 Å². The van der Waals surface area contributed by atoms with E-state index in [0.29, 0.717) is 13.0 Å². The fraction of sp³-hybridized carbons (Fsp3) is 0.333. The summed E-state index contributed by atoms with van der Waals surface area (Å²) >= 11 is 0. The molecule has 1 aliphatic rings. The third kappa shape index (κ3) is 4.04. The van der Waals surface area contributed by atoms with E-state index < -0.39 is 6.04 Å². The zero-order valence-electron chi connectivity index (χ0n) is 15.4.